The molecule has 1 heterocycles. The molecule has 1 atom stereocenters. The molecule has 0 aliphatic carbocycles. The summed E-state index contributed by atoms with van der Waals surface area (Å²) < 4.78 is 0. The summed E-state index contributed by atoms with van der Waals surface area (Å²) in [7, 11) is 0. The predicted molar refractivity (Wildman–Crippen MR) is 69.4 cm³/mol. The molecular weight excluding hydrogens is 232 g/mol. The molecule has 0 bridgehead atoms. The highest BCUT2D eigenvalue weighted by Crippen LogP contribution is 2.29. The van der Waals surface area contributed by atoms with Crippen LogP contribution in [0.4, 0.5) is 0 Å². The van der Waals surface area contributed by atoms with Gasteiger partial charge < -0.3 is 15.3 Å². The van der Waals surface area contributed by atoms with E-state index in [1.165, 1.54) is 4.90 Å². The highest BCUT2D eigenvalue weighted by molar-refractivity contribution is 5.87. The number of carbonyl (C=O) groups excluding carboxylic acids is 1. The van der Waals surface area contributed by atoms with E-state index in [-0.39, 0.29) is 5.91 Å². The van der Waals surface area contributed by atoms with Crippen molar-refractivity contribution in [3.05, 3.63) is 0 Å². The number of carbonyl (C=O) groups is 2. The molecule has 18 heavy (non-hydrogen) atoms. The van der Waals surface area contributed by atoms with Gasteiger partial charge in [0.25, 0.3) is 0 Å². The SMILES string of the molecule is CC(C)NCCCC(=O)N1CCCC1(C)C(=O)O. The van der Waals surface area contributed by atoms with Gasteiger partial charge in [-0.25, -0.2) is 4.79 Å². The van der Waals surface area contributed by atoms with Crippen LogP contribution in [0.25, 0.3) is 0 Å². The van der Waals surface area contributed by atoms with Crippen LogP contribution in [0.5, 0.6) is 0 Å². The van der Waals surface area contributed by atoms with Crippen LogP contribution in [0.3, 0.4) is 0 Å². The minimum atomic E-state index is -0.997. The molecule has 5 nitrogen and oxygen atoms in total. The Morgan fingerprint density at radius 2 is 2.11 bits per heavy atom. The molecule has 1 saturated heterocycles. The maximum absolute atomic E-state index is 12.0. The molecule has 0 aromatic rings. The van der Waals surface area contributed by atoms with Crippen LogP contribution in [0.2, 0.25) is 0 Å². The van der Waals surface area contributed by atoms with Crippen LogP contribution in [0.15, 0.2) is 0 Å². The summed E-state index contributed by atoms with van der Waals surface area (Å²) in [6.07, 6.45) is 2.50. The summed E-state index contributed by atoms with van der Waals surface area (Å²) in [5.74, 6) is -0.934. The van der Waals surface area contributed by atoms with Crippen molar-refractivity contribution in [1.29, 1.82) is 0 Å². The highest BCUT2D eigenvalue weighted by atomic mass is 16.4. The van der Waals surface area contributed by atoms with Crippen molar-refractivity contribution in [2.24, 2.45) is 0 Å². The molecule has 0 aromatic heterocycles. The first kappa shape index (κ1) is 15.0. The molecule has 104 valence electrons. The van der Waals surface area contributed by atoms with E-state index >= 15 is 0 Å². The molecular formula is C13H24N2O3. The molecule has 1 unspecified atom stereocenters. The van der Waals surface area contributed by atoms with Gasteiger partial charge in [-0.05, 0) is 32.7 Å². The van der Waals surface area contributed by atoms with Gasteiger partial charge in [0, 0.05) is 19.0 Å². The van der Waals surface area contributed by atoms with Gasteiger partial charge in [0.15, 0.2) is 0 Å². The zero-order chi connectivity index (χ0) is 13.8. The maximum atomic E-state index is 12.0. The van der Waals surface area contributed by atoms with Gasteiger partial charge in [-0.3, -0.25) is 4.79 Å². The third kappa shape index (κ3) is 3.45. The molecule has 5 heteroatoms. The average Bonchev–Trinajstić information content (AvgIpc) is 2.67. The molecule has 1 aliphatic rings. The molecule has 0 saturated carbocycles. The number of likely N-dealkylation sites (tertiary alicyclic amines) is 1. The lowest BCUT2D eigenvalue weighted by atomic mass is 9.99. The fraction of sp³-hybridized carbons (Fsp3) is 0.846. The Morgan fingerprint density at radius 3 is 2.67 bits per heavy atom. The molecule has 1 amide bonds. The Hall–Kier alpha value is -1.10. The number of nitrogens with one attached hydrogen (secondary N) is 1. The quantitative estimate of drug-likeness (QED) is 0.701. The zero-order valence-corrected chi connectivity index (χ0v) is 11.5. The Balaban J connectivity index is 2.44. The predicted octanol–water partition coefficient (Wildman–Crippen LogP) is 1.23. The van der Waals surface area contributed by atoms with E-state index < -0.39 is 11.5 Å². The van der Waals surface area contributed by atoms with Gasteiger partial charge >= 0.3 is 5.97 Å². The highest BCUT2D eigenvalue weighted by Gasteiger charge is 2.45. The molecule has 1 rings (SSSR count). The Kier molecular flexibility index (Phi) is 5.14. The summed E-state index contributed by atoms with van der Waals surface area (Å²) in [6, 6.07) is 0.413. The molecule has 0 radical (unpaired) electrons. The van der Waals surface area contributed by atoms with Crippen LogP contribution >= 0.6 is 0 Å². The normalized spacial score (nSPS) is 23.7. The second-order valence-electron chi connectivity index (χ2n) is 5.44. The molecule has 0 spiro atoms. The largest absolute Gasteiger partial charge is 0.480 e. The summed E-state index contributed by atoms with van der Waals surface area (Å²) in [6.45, 7) is 7.13. The second kappa shape index (κ2) is 6.18. The third-order valence-electron chi connectivity index (χ3n) is 3.52. The van der Waals surface area contributed by atoms with E-state index in [4.69, 9.17) is 0 Å². The summed E-state index contributed by atoms with van der Waals surface area (Å²) in [4.78, 5) is 24.8. The lowest BCUT2D eigenvalue weighted by Gasteiger charge is -2.31. The number of amides is 1. The first-order valence-electron chi connectivity index (χ1n) is 6.65. The van der Waals surface area contributed by atoms with E-state index in [1.54, 1.807) is 6.92 Å². The Morgan fingerprint density at radius 1 is 1.44 bits per heavy atom. The van der Waals surface area contributed by atoms with Gasteiger partial charge in [-0.1, -0.05) is 13.8 Å². The van der Waals surface area contributed by atoms with E-state index in [1.807, 2.05) is 0 Å². The van der Waals surface area contributed by atoms with Crippen LogP contribution in [0, 0.1) is 0 Å². The minimum Gasteiger partial charge on any atom is -0.480 e. The van der Waals surface area contributed by atoms with Crippen molar-refractivity contribution >= 4 is 11.9 Å². The smallest absolute Gasteiger partial charge is 0.329 e. The molecule has 0 aromatic carbocycles. The fourth-order valence-electron chi connectivity index (χ4n) is 2.35. The second-order valence-corrected chi connectivity index (χ2v) is 5.44. The summed E-state index contributed by atoms with van der Waals surface area (Å²) in [5.41, 5.74) is -0.997. The van der Waals surface area contributed by atoms with Crippen LogP contribution < -0.4 is 5.32 Å². The topological polar surface area (TPSA) is 69.6 Å². The van der Waals surface area contributed by atoms with E-state index in [0.717, 1.165) is 19.4 Å². The van der Waals surface area contributed by atoms with Crippen molar-refractivity contribution in [2.45, 2.75) is 58.0 Å². The number of carboxylic acids is 1. The number of aliphatic carboxylic acids is 1. The van der Waals surface area contributed by atoms with Crippen LogP contribution in [0.1, 0.15) is 46.5 Å². The maximum Gasteiger partial charge on any atom is 0.329 e. The van der Waals surface area contributed by atoms with Gasteiger partial charge in [0.1, 0.15) is 5.54 Å². The number of nitrogens with zero attached hydrogens (tertiary/aromatic N) is 1. The first-order chi connectivity index (χ1) is 8.38. The zero-order valence-electron chi connectivity index (χ0n) is 11.5. The standard InChI is InChI=1S/C13H24N2O3/c1-10(2)14-8-4-6-11(16)15-9-5-7-13(15,3)12(17)18/h10,14H,4-9H2,1-3H3,(H,17,18). The van der Waals surface area contributed by atoms with E-state index in [2.05, 4.69) is 19.2 Å². The van der Waals surface area contributed by atoms with E-state index in [9.17, 15) is 14.7 Å². The van der Waals surface area contributed by atoms with Gasteiger partial charge in [0.05, 0.1) is 0 Å². The monoisotopic (exact) mass is 256 g/mol. The lowest BCUT2D eigenvalue weighted by Crippen LogP contribution is -2.50. The molecule has 1 fully saturated rings. The van der Waals surface area contributed by atoms with Crippen LogP contribution in [-0.2, 0) is 9.59 Å². The lowest BCUT2D eigenvalue weighted by molar-refractivity contribution is -0.155. The van der Waals surface area contributed by atoms with Gasteiger partial charge in [0.2, 0.25) is 5.91 Å². The number of hydrogen-bond donors (Lipinski definition) is 2. The number of carboxylic acid groups (broad SMARTS) is 1. The molecule has 2 N–H and O–H groups in total. The molecule has 1 aliphatic heterocycles. The number of hydrogen-bond acceptors (Lipinski definition) is 3. The van der Waals surface area contributed by atoms with Crippen molar-refractivity contribution in [1.82, 2.24) is 10.2 Å². The van der Waals surface area contributed by atoms with Crippen molar-refractivity contribution in [2.75, 3.05) is 13.1 Å². The number of rotatable bonds is 6. The van der Waals surface area contributed by atoms with E-state index in [0.29, 0.717) is 25.4 Å². The first-order valence-corrected chi connectivity index (χ1v) is 6.65. The summed E-state index contributed by atoms with van der Waals surface area (Å²) in [5, 5.41) is 12.5. The van der Waals surface area contributed by atoms with Crippen molar-refractivity contribution < 1.29 is 14.7 Å². The van der Waals surface area contributed by atoms with Crippen molar-refractivity contribution in [3.63, 3.8) is 0 Å². The third-order valence-corrected chi connectivity index (χ3v) is 3.52. The Bertz CT molecular complexity index is 317. The fourth-order valence-corrected chi connectivity index (χ4v) is 2.35. The van der Waals surface area contributed by atoms with Crippen LogP contribution in [-0.4, -0.2) is 46.6 Å². The average molecular weight is 256 g/mol. The minimum absolute atomic E-state index is 0.0389. The Labute approximate surface area is 109 Å². The van der Waals surface area contributed by atoms with Crippen molar-refractivity contribution in [3.8, 4) is 0 Å². The summed E-state index contributed by atoms with van der Waals surface area (Å²) >= 11 is 0. The van der Waals surface area contributed by atoms with Gasteiger partial charge in [-0.15, -0.1) is 0 Å². The van der Waals surface area contributed by atoms with Gasteiger partial charge in [-0.2, -0.15) is 0 Å².